The highest BCUT2D eigenvalue weighted by atomic mass is 35.5. The highest BCUT2D eigenvalue weighted by Gasteiger charge is 2.20. The first-order chi connectivity index (χ1) is 14.7. The molecular weight excluding hydrogens is 483 g/mol. The third kappa shape index (κ3) is 4.42. The van der Waals surface area contributed by atoms with Crippen LogP contribution in [0.4, 0.5) is 10.5 Å². The van der Waals surface area contributed by atoms with Crippen molar-refractivity contribution in [1.29, 1.82) is 0 Å². The average molecular weight is 495 g/mol. The molecule has 4 rings (SSSR count). The summed E-state index contributed by atoms with van der Waals surface area (Å²) in [5.74, 6) is 0. The molecule has 0 aliphatic heterocycles. The third-order valence-corrected chi connectivity index (χ3v) is 7.56. The van der Waals surface area contributed by atoms with Gasteiger partial charge in [-0.15, -0.1) is 11.3 Å². The fourth-order valence-corrected chi connectivity index (χ4v) is 5.47. The smallest absolute Gasteiger partial charge is 0.307 e. The molecule has 0 saturated carbocycles. The average Bonchev–Trinajstić information content (AvgIpc) is 3.16. The van der Waals surface area contributed by atoms with E-state index in [-0.39, 0.29) is 30.4 Å². The minimum absolute atomic E-state index is 0.0948. The van der Waals surface area contributed by atoms with Gasteiger partial charge in [-0.3, -0.25) is 9.89 Å². The van der Waals surface area contributed by atoms with Gasteiger partial charge >= 0.3 is 6.03 Å². The number of thiophene rings is 1. The third-order valence-electron chi connectivity index (χ3n) is 4.20. The molecule has 2 aromatic heterocycles. The summed E-state index contributed by atoms with van der Waals surface area (Å²) in [6, 6.07) is 13.0. The Morgan fingerprint density at radius 2 is 1.84 bits per heavy atom. The highest BCUT2D eigenvalue weighted by molar-refractivity contribution is 7.92. The van der Waals surface area contributed by atoms with Gasteiger partial charge in [0.05, 0.1) is 14.9 Å². The number of nitrogens with zero attached hydrogens (tertiary/aromatic N) is 1. The van der Waals surface area contributed by atoms with E-state index in [1.54, 1.807) is 24.3 Å². The standard InChI is InChI=1S/C19H12Cl2N4O4S2/c20-13-9-10(22-19(27)25-31(28,29)16-8-7-15(21)30-16)5-6-11(13)17-18(26)12-3-1-2-4-14(12)23-24-17/h1-9H,(H,23,26)(H2,22,25,27). The van der Waals surface area contributed by atoms with E-state index in [0.717, 1.165) is 11.3 Å². The predicted molar refractivity (Wildman–Crippen MR) is 121 cm³/mol. The van der Waals surface area contributed by atoms with Gasteiger partial charge in [-0.2, -0.15) is 5.10 Å². The van der Waals surface area contributed by atoms with Gasteiger partial charge < -0.3 is 5.32 Å². The quantitative estimate of drug-likeness (QED) is 0.386. The summed E-state index contributed by atoms with van der Waals surface area (Å²) in [4.78, 5) is 24.9. The molecule has 8 nitrogen and oxygen atoms in total. The van der Waals surface area contributed by atoms with Crippen LogP contribution in [-0.2, 0) is 10.0 Å². The van der Waals surface area contributed by atoms with E-state index in [1.807, 2.05) is 4.72 Å². The van der Waals surface area contributed by atoms with Crippen molar-refractivity contribution in [2.45, 2.75) is 4.21 Å². The first kappa shape index (κ1) is 21.3. The van der Waals surface area contributed by atoms with Crippen molar-refractivity contribution in [1.82, 2.24) is 14.9 Å². The lowest BCUT2D eigenvalue weighted by molar-refractivity contribution is 0.256. The number of urea groups is 1. The number of carbonyl (C=O) groups is 1. The number of aromatic amines is 1. The number of benzene rings is 2. The van der Waals surface area contributed by atoms with E-state index in [9.17, 15) is 18.0 Å². The minimum Gasteiger partial charge on any atom is -0.307 e. The Hall–Kier alpha value is -2.92. The number of halogens is 2. The maximum Gasteiger partial charge on any atom is 0.333 e. The van der Waals surface area contributed by atoms with Crippen LogP contribution in [-0.4, -0.2) is 24.6 Å². The van der Waals surface area contributed by atoms with Crippen molar-refractivity contribution in [2.24, 2.45) is 0 Å². The van der Waals surface area contributed by atoms with Crippen LogP contribution in [0.3, 0.4) is 0 Å². The van der Waals surface area contributed by atoms with Crippen LogP contribution >= 0.6 is 34.5 Å². The van der Waals surface area contributed by atoms with Crippen LogP contribution in [0.15, 0.2) is 63.6 Å². The predicted octanol–water partition coefficient (Wildman–Crippen LogP) is 4.47. The molecule has 4 aromatic rings. The normalized spacial score (nSPS) is 11.4. The number of hydrogen-bond acceptors (Lipinski definition) is 6. The van der Waals surface area contributed by atoms with Crippen molar-refractivity contribution in [2.75, 3.05) is 5.32 Å². The summed E-state index contributed by atoms with van der Waals surface area (Å²) in [7, 11) is -4.06. The number of nitrogens with one attached hydrogen (secondary N) is 3. The molecule has 3 N–H and O–H groups in total. The Morgan fingerprint density at radius 1 is 1.06 bits per heavy atom. The van der Waals surface area contributed by atoms with E-state index >= 15 is 0 Å². The molecule has 0 aliphatic carbocycles. The summed E-state index contributed by atoms with van der Waals surface area (Å²) < 4.78 is 26.5. The Labute approximate surface area is 189 Å². The van der Waals surface area contributed by atoms with Gasteiger partial charge in [0, 0.05) is 16.6 Å². The van der Waals surface area contributed by atoms with Crippen LogP contribution in [0.2, 0.25) is 9.36 Å². The van der Waals surface area contributed by atoms with Crippen molar-refractivity contribution >= 4 is 67.2 Å². The topological polar surface area (TPSA) is 121 Å². The first-order valence-corrected chi connectivity index (χ1v) is 11.7. The van der Waals surface area contributed by atoms with Crippen LogP contribution in [0.1, 0.15) is 0 Å². The summed E-state index contributed by atoms with van der Waals surface area (Å²) in [5.41, 5.74) is 1.01. The zero-order chi connectivity index (χ0) is 22.2. The number of para-hydroxylation sites is 1. The first-order valence-electron chi connectivity index (χ1n) is 8.61. The molecule has 0 radical (unpaired) electrons. The summed E-state index contributed by atoms with van der Waals surface area (Å²) in [6.07, 6.45) is 0. The van der Waals surface area contributed by atoms with Crippen LogP contribution in [0.25, 0.3) is 22.2 Å². The molecule has 2 heterocycles. The molecule has 2 amide bonds. The number of hydrogen-bond donors (Lipinski definition) is 3. The molecule has 31 heavy (non-hydrogen) atoms. The molecule has 2 aromatic carbocycles. The van der Waals surface area contributed by atoms with Gasteiger partial charge in [0.1, 0.15) is 9.90 Å². The lowest BCUT2D eigenvalue weighted by atomic mass is 10.1. The van der Waals surface area contributed by atoms with Crippen molar-refractivity contribution in [3.8, 4) is 11.3 Å². The molecule has 0 unspecified atom stereocenters. The van der Waals surface area contributed by atoms with Crippen LogP contribution in [0.5, 0.6) is 0 Å². The number of anilines is 1. The maximum absolute atomic E-state index is 12.7. The SMILES string of the molecule is O=C(Nc1ccc(-c2n[nH]c3ccccc3c2=O)c(Cl)c1)NS(=O)(=O)c1ccc(Cl)s1. The lowest BCUT2D eigenvalue weighted by Crippen LogP contribution is -2.33. The number of aromatic nitrogens is 2. The Morgan fingerprint density at radius 3 is 2.55 bits per heavy atom. The molecule has 0 saturated heterocycles. The second-order valence-electron chi connectivity index (χ2n) is 6.26. The number of amides is 2. The summed E-state index contributed by atoms with van der Waals surface area (Å²) >= 11 is 12.9. The van der Waals surface area contributed by atoms with Gasteiger partial charge in [0.25, 0.3) is 10.0 Å². The molecule has 0 fully saturated rings. The van der Waals surface area contributed by atoms with Crippen molar-refractivity contribution in [3.63, 3.8) is 0 Å². The fourth-order valence-electron chi connectivity index (χ4n) is 2.81. The second-order valence-corrected chi connectivity index (χ2v) is 10.3. The Balaban J connectivity index is 1.56. The summed E-state index contributed by atoms with van der Waals surface area (Å²) in [6.45, 7) is 0. The zero-order valence-electron chi connectivity index (χ0n) is 15.3. The number of rotatable bonds is 4. The number of H-pyrrole nitrogens is 1. The monoisotopic (exact) mass is 494 g/mol. The van der Waals surface area contributed by atoms with E-state index < -0.39 is 16.1 Å². The second kappa shape index (κ2) is 8.31. The molecule has 158 valence electrons. The number of sulfonamides is 1. The molecule has 0 spiro atoms. The van der Waals surface area contributed by atoms with E-state index in [0.29, 0.717) is 16.5 Å². The Kier molecular flexibility index (Phi) is 5.71. The van der Waals surface area contributed by atoms with Gasteiger partial charge in [-0.1, -0.05) is 35.3 Å². The van der Waals surface area contributed by atoms with Gasteiger partial charge in [-0.05, 0) is 42.5 Å². The molecule has 0 atom stereocenters. The largest absolute Gasteiger partial charge is 0.333 e. The Bertz CT molecular complexity index is 1480. The lowest BCUT2D eigenvalue weighted by Gasteiger charge is -2.10. The van der Waals surface area contributed by atoms with Gasteiger partial charge in [0.2, 0.25) is 5.43 Å². The minimum atomic E-state index is -4.06. The number of carbonyl (C=O) groups excluding carboxylic acids is 1. The summed E-state index contributed by atoms with van der Waals surface area (Å²) in [5, 5.41) is 9.92. The van der Waals surface area contributed by atoms with E-state index in [1.165, 1.54) is 30.3 Å². The molecule has 12 heteroatoms. The van der Waals surface area contributed by atoms with Crippen molar-refractivity contribution < 1.29 is 13.2 Å². The molecule has 0 bridgehead atoms. The fraction of sp³-hybridized carbons (Fsp3) is 0. The maximum atomic E-state index is 12.7. The van der Waals surface area contributed by atoms with Gasteiger partial charge in [0.15, 0.2) is 0 Å². The zero-order valence-corrected chi connectivity index (χ0v) is 18.5. The van der Waals surface area contributed by atoms with Crippen molar-refractivity contribution in [3.05, 3.63) is 74.2 Å². The van der Waals surface area contributed by atoms with Crippen LogP contribution < -0.4 is 15.5 Å². The molecular formula is C19H12Cl2N4O4S2. The van der Waals surface area contributed by atoms with Crippen LogP contribution in [0, 0.1) is 0 Å². The van der Waals surface area contributed by atoms with Gasteiger partial charge in [-0.25, -0.2) is 17.9 Å². The number of fused-ring (bicyclic) bond motifs is 1. The van der Waals surface area contributed by atoms with E-state index in [2.05, 4.69) is 15.5 Å². The highest BCUT2D eigenvalue weighted by Crippen LogP contribution is 2.28. The molecule has 0 aliphatic rings. The van der Waals surface area contributed by atoms with E-state index in [4.69, 9.17) is 23.2 Å².